The van der Waals surface area contributed by atoms with Gasteiger partial charge in [-0.2, -0.15) is 0 Å². The van der Waals surface area contributed by atoms with E-state index in [-0.39, 0.29) is 24.3 Å². The third kappa shape index (κ3) is 4.49. The third-order valence-corrected chi connectivity index (χ3v) is 5.50. The summed E-state index contributed by atoms with van der Waals surface area (Å²) >= 11 is 1.47. The molecule has 1 aliphatic heterocycles. The number of amides is 3. The number of nitrogens with one attached hydrogen (secondary N) is 2. The topological polar surface area (TPSA) is 91.4 Å². The molecule has 0 radical (unpaired) electrons. The van der Waals surface area contributed by atoms with Gasteiger partial charge in [0.2, 0.25) is 11.8 Å². The van der Waals surface area contributed by atoms with Crippen LogP contribution in [0, 0.1) is 0 Å². The lowest BCUT2D eigenvalue weighted by Crippen LogP contribution is -2.41. The Hall–Kier alpha value is -3.65. The maximum atomic E-state index is 12.6. The van der Waals surface area contributed by atoms with Gasteiger partial charge in [0.15, 0.2) is 0 Å². The van der Waals surface area contributed by atoms with Gasteiger partial charge < -0.3 is 15.5 Å². The molecule has 3 aromatic rings. The van der Waals surface area contributed by atoms with Crippen molar-refractivity contribution in [1.29, 1.82) is 0 Å². The van der Waals surface area contributed by atoms with Gasteiger partial charge in [0, 0.05) is 34.2 Å². The van der Waals surface area contributed by atoms with Crippen molar-refractivity contribution in [3.05, 3.63) is 78.6 Å². The first-order valence-electron chi connectivity index (χ1n) is 9.23. The summed E-state index contributed by atoms with van der Waals surface area (Å²) in [6.07, 6.45) is 3.18. The maximum absolute atomic E-state index is 12.6. The minimum atomic E-state index is -0.336. The Morgan fingerprint density at radius 2 is 1.77 bits per heavy atom. The second-order valence-electron chi connectivity index (χ2n) is 6.56. The van der Waals surface area contributed by atoms with Crippen LogP contribution < -0.4 is 15.5 Å². The number of para-hydroxylation sites is 1. The average molecular weight is 418 g/mol. The van der Waals surface area contributed by atoms with E-state index in [1.807, 2.05) is 24.3 Å². The van der Waals surface area contributed by atoms with Crippen LogP contribution in [-0.4, -0.2) is 35.0 Å². The van der Waals surface area contributed by atoms with Gasteiger partial charge in [-0.1, -0.05) is 18.2 Å². The van der Waals surface area contributed by atoms with E-state index in [0.29, 0.717) is 22.7 Å². The summed E-state index contributed by atoms with van der Waals surface area (Å²) < 4.78 is 0. The van der Waals surface area contributed by atoms with Gasteiger partial charge in [0.25, 0.3) is 5.91 Å². The Labute approximate surface area is 177 Å². The number of carbonyl (C=O) groups is 3. The summed E-state index contributed by atoms with van der Waals surface area (Å²) in [7, 11) is 0. The van der Waals surface area contributed by atoms with Crippen molar-refractivity contribution in [2.24, 2.45) is 0 Å². The molecule has 1 aliphatic rings. The minimum absolute atomic E-state index is 0.0934. The minimum Gasteiger partial charge on any atom is -0.325 e. The molecule has 3 amide bonds. The molecule has 30 heavy (non-hydrogen) atoms. The first-order chi connectivity index (χ1) is 14.6. The number of nitrogens with zero attached hydrogens (tertiary/aromatic N) is 2. The lowest BCUT2D eigenvalue weighted by atomic mass is 10.2. The van der Waals surface area contributed by atoms with Crippen molar-refractivity contribution in [3.63, 3.8) is 0 Å². The van der Waals surface area contributed by atoms with E-state index >= 15 is 0 Å². The number of pyridine rings is 1. The molecule has 0 spiro atoms. The van der Waals surface area contributed by atoms with Gasteiger partial charge in [-0.15, -0.1) is 11.8 Å². The highest BCUT2D eigenvalue weighted by Gasteiger charge is 2.26. The van der Waals surface area contributed by atoms with Gasteiger partial charge in [-0.3, -0.25) is 19.4 Å². The van der Waals surface area contributed by atoms with Crippen molar-refractivity contribution in [1.82, 2.24) is 4.98 Å². The lowest BCUT2D eigenvalue weighted by molar-refractivity contribution is -0.120. The number of aromatic nitrogens is 1. The van der Waals surface area contributed by atoms with E-state index in [0.717, 1.165) is 10.6 Å². The van der Waals surface area contributed by atoms with Gasteiger partial charge in [-0.25, -0.2) is 0 Å². The average Bonchev–Trinajstić information content (AvgIpc) is 2.76. The lowest BCUT2D eigenvalue weighted by Gasteiger charge is -2.28. The fourth-order valence-electron chi connectivity index (χ4n) is 3.05. The van der Waals surface area contributed by atoms with E-state index in [1.54, 1.807) is 48.8 Å². The van der Waals surface area contributed by atoms with Crippen molar-refractivity contribution < 1.29 is 14.4 Å². The molecule has 0 saturated heterocycles. The maximum Gasteiger partial charge on any atom is 0.255 e. The largest absolute Gasteiger partial charge is 0.325 e. The third-order valence-electron chi connectivity index (χ3n) is 4.46. The summed E-state index contributed by atoms with van der Waals surface area (Å²) in [6.45, 7) is -0.0934. The monoisotopic (exact) mass is 418 g/mol. The molecule has 2 N–H and O–H groups in total. The van der Waals surface area contributed by atoms with Crippen LogP contribution in [-0.2, 0) is 9.59 Å². The number of fused-ring (bicyclic) bond motifs is 1. The van der Waals surface area contributed by atoms with E-state index in [1.165, 1.54) is 16.7 Å². The Balaban J connectivity index is 1.43. The van der Waals surface area contributed by atoms with E-state index in [2.05, 4.69) is 15.6 Å². The smallest absolute Gasteiger partial charge is 0.255 e. The molecule has 0 fully saturated rings. The molecule has 4 rings (SSSR count). The second kappa shape index (κ2) is 8.79. The van der Waals surface area contributed by atoms with Crippen LogP contribution in [0.25, 0.3) is 0 Å². The van der Waals surface area contributed by atoms with Crippen LogP contribution in [0.2, 0.25) is 0 Å². The fraction of sp³-hybridized carbons (Fsp3) is 0.0909. The van der Waals surface area contributed by atoms with Crippen molar-refractivity contribution >= 4 is 46.5 Å². The van der Waals surface area contributed by atoms with Gasteiger partial charge in [0.1, 0.15) is 6.54 Å². The number of anilines is 3. The molecule has 0 aliphatic carbocycles. The molecule has 0 unspecified atom stereocenters. The molecule has 1 aromatic heterocycles. The van der Waals surface area contributed by atoms with Crippen molar-refractivity contribution in [3.8, 4) is 0 Å². The highest BCUT2D eigenvalue weighted by molar-refractivity contribution is 8.00. The summed E-state index contributed by atoms with van der Waals surface area (Å²) in [5.74, 6) is -0.444. The quantitative estimate of drug-likeness (QED) is 0.663. The van der Waals surface area contributed by atoms with E-state index in [4.69, 9.17) is 0 Å². The van der Waals surface area contributed by atoms with Crippen LogP contribution in [0.3, 0.4) is 0 Å². The number of carbonyl (C=O) groups excluding carboxylic acids is 3. The van der Waals surface area contributed by atoms with Crippen LogP contribution >= 0.6 is 11.8 Å². The summed E-state index contributed by atoms with van der Waals surface area (Å²) in [4.78, 5) is 43.7. The number of hydrogen-bond acceptors (Lipinski definition) is 5. The van der Waals surface area contributed by atoms with Crippen LogP contribution in [0.5, 0.6) is 0 Å². The number of hydrogen-bond donors (Lipinski definition) is 2. The normalized spacial score (nSPS) is 12.8. The molecule has 2 aromatic carbocycles. The Kier molecular flexibility index (Phi) is 5.76. The van der Waals surface area contributed by atoms with Gasteiger partial charge in [0.05, 0.1) is 11.4 Å². The Bertz CT molecular complexity index is 1100. The SMILES string of the molecule is O=C(CN1C(=O)CSc2ccccc21)Nc1cccc(C(=O)Nc2ccncc2)c1. The first kappa shape index (κ1) is 19.7. The molecule has 8 heteroatoms. The van der Waals surface area contributed by atoms with E-state index in [9.17, 15) is 14.4 Å². The zero-order chi connectivity index (χ0) is 20.9. The molecular weight excluding hydrogens is 400 g/mol. The first-order valence-corrected chi connectivity index (χ1v) is 10.2. The molecular formula is C22H18N4O3S. The van der Waals surface area contributed by atoms with Gasteiger partial charge in [-0.05, 0) is 42.5 Å². The standard InChI is InChI=1S/C22H18N4O3S/c27-20(13-26-18-6-1-2-7-19(18)30-14-21(26)28)24-17-5-3-4-15(12-17)22(29)25-16-8-10-23-11-9-16/h1-12H,13-14H2,(H,24,27)(H,23,25,29). The second-order valence-corrected chi connectivity index (χ2v) is 7.57. The molecule has 0 atom stereocenters. The highest BCUT2D eigenvalue weighted by atomic mass is 32.2. The Morgan fingerprint density at radius 3 is 2.60 bits per heavy atom. The fourth-order valence-corrected chi connectivity index (χ4v) is 3.98. The summed E-state index contributed by atoms with van der Waals surface area (Å²) in [6, 6.07) is 17.5. The van der Waals surface area contributed by atoms with Crippen molar-refractivity contribution in [2.75, 3.05) is 27.8 Å². The van der Waals surface area contributed by atoms with Crippen LogP contribution in [0.15, 0.2) is 78.0 Å². The van der Waals surface area contributed by atoms with Crippen molar-refractivity contribution in [2.45, 2.75) is 4.90 Å². The predicted octanol–water partition coefficient (Wildman–Crippen LogP) is 3.41. The molecule has 0 saturated carbocycles. The number of benzene rings is 2. The van der Waals surface area contributed by atoms with Crippen LogP contribution in [0.4, 0.5) is 17.1 Å². The molecule has 0 bridgehead atoms. The summed E-state index contributed by atoms with van der Waals surface area (Å²) in [5.41, 5.74) is 2.25. The molecule has 150 valence electrons. The van der Waals surface area contributed by atoms with E-state index < -0.39 is 0 Å². The number of thioether (sulfide) groups is 1. The zero-order valence-electron chi connectivity index (χ0n) is 15.9. The number of rotatable bonds is 5. The predicted molar refractivity (Wildman–Crippen MR) is 117 cm³/mol. The zero-order valence-corrected chi connectivity index (χ0v) is 16.7. The van der Waals surface area contributed by atoms with Crippen LogP contribution in [0.1, 0.15) is 10.4 Å². The molecule has 2 heterocycles. The van der Waals surface area contributed by atoms with Gasteiger partial charge >= 0.3 is 0 Å². The molecule has 7 nitrogen and oxygen atoms in total. The Morgan fingerprint density at radius 1 is 0.967 bits per heavy atom. The summed E-state index contributed by atoms with van der Waals surface area (Å²) in [5, 5.41) is 5.54. The highest BCUT2D eigenvalue weighted by Crippen LogP contribution is 2.34.